The Morgan fingerprint density at radius 3 is 2.48 bits per heavy atom. The molecule has 0 fully saturated rings. The standard InChI is InChI=1S/C17H12ClNO4/c1-23-13-8-3-2-7-12(13)14-15(20)17(22)19(16(14)21)11-6-4-5-10(18)9-11/h2-9,20H,1H3. The molecule has 6 heteroatoms. The molecule has 0 bridgehead atoms. The van der Waals surface area contributed by atoms with Crippen LogP contribution in [0.2, 0.25) is 5.02 Å². The number of hydrogen-bond donors (Lipinski definition) is 1. The molecular formula is C17H12ClNO4. The number of ether oxygens (including phenoxy) is 1. The van der Waals surface area contributed by atoms with E-state index in [2.05, 4.69) is 0 Å². The van der Waals surface area contributed by atoms with E-state index in [0.29, 0.717) is 22.0 Å². The molecule has 2 aromatic carbocycles. The van der Waals surface area contributed by atoms with Gasteiger partial charge >= 0.3 is 5.91 Å². The zero-order chi connectivity index (χ0) is 16.6. The van der Waals surface area contributed by atoms with Crippen LogP contribution in [0.4, 0.5) is 5.69 Å². The van der Waals surface area contributed by atoms with Gasteiger partial charge in [-0.15, -0.1) is 0 Å². The van der Waals surface area contributed by atoms with Gasteiger partial charge in [-0.3, -0.25) is 9.59 Å². The second-order valence-corrected chi connectivity index (χ2v) is 5.29. The van der Waals surface area contributed by atoms with Gasteiger partial charge in [0.05, 0.1) is 18.4 Å². The average Bonchev–Trinajstić information content (AvgIpc) is 2.77. The van der Waals surface area contributed by atoms with Gasteiger partial charge < -0.3 is 9.84 Å². The van der Waals surface area contributed by atoms with Crippen molar-refractivity contribution in [2.75, 3.05) is 12.0 Å². The Morgan fingerprint density at radius 1 is 1.04 bits per heavy atom. The molecule has 0 spiro atoms. The predicted octanol–water partition coefficient (Wildman–Crippen LogP) is 3.19. The SMILES string of the molecule is COc1ccccc1C1=C(O)C(=O)N(c2cccc(Cl)c2)C1=O. The van der Waals surface area contributed by atoms with Gasteiger partial charge in [0, 0.05) is 10.6 Å². The minimum atomic E-state index is -0.793. The lowest BCUT2D eigenvalue weighted by molar-refractivity contribution is -0.121. The van der Waals surface area contributed by atoms with Gasteiger partial charge in [-0.05, 0) is 24.3 Å². The second-order valence-electron chi connectivity index (χ2n) is 4.85. The molecule has 5 nitrogen and oxygen atoms in total. The van der Waals surface area contributed by atoms with Gasteiger partial charge in [-0.25, -0.2) is 4.90 Å². The monoisotopic (exact) mass is 329 g/mol. The van der Waals surface area contributed by atoms with Crippen LogP contribution in [0.15, 0.2) is 54.3 Å². The van der Waals surface area contributed by atoms with Gasteiger partial charge in [0.15, 0.2) is 5.76 Å². The number of aliphatic hydroxyl groups is 1. The number of imide groups is 1. The predicted molar refractivity (Wildman–Crippen MR) is 86.5 cm³/mol. The quantitative estimate of drug-likeness (QED) is 0.878. The van der Waals surface area contributed by atoms with Crippen LogP contribution in [0, 0.1) is 0 Å². The molecule has 1 heterocycles. The number of rotatable bonds is 3. The normalized spacial score (nSPS) is 14.6. The van der Waals surface area contributed by atoms with Gasteiger partial charge in [0.1, 0.15) is 5.75 Å². The molecule has 0 saturated heterocycles. The topological polar surface area (TPSA) is 66.8 Å². The number of hydrogen-bond acceptors (Lipinski definition) is 4. The first-order chi connectivity index (χ1) is 11.0. The molecule has 2 aromatic rings. The van der Waals surface area contributed by atoms with Crippen LogP contribution < -0.4 is 9.64 Å². The third kappa shape index (κ3) is 2.45. The molecule has 0 aromatic heterocycles. The van der Waals surface area contributed by atoms with E-state index in [0.717, 1.165) is 4.90 Å². The third-order valence-electron chi connectivity index (χ3n) is 3.50. The summed E-state index contributed by atoms with van der Waals surface area (Å²) in [6, 6.07) is 13.0. The number of nitrogens with zero attached hydrogens (tertiary/aromatic N) is 1. The van der Waals surface area contributed by atoms with Crippen LogP contribution in [0.3, 0.4) is 0 Å². The number of anilines is 1. The Kier molecular flexibility index (Phi) is 3.80. The minimum absolute atomic E-state index is 0.0903. The number of para-hydroxylation sites is 1. The molecule has 1 aliphatic rings. The van der Waals surface area contributed by atoms with Gasteiger partial charge in [0.2, 0.25) is 0 Å². The van der Waals surface area contributed by atoms with Crippen LogP contribution in [0.25, 0.3) is 5.57 Å². The Hall–Kier alpha value is -2.79. The average molecular weight is 330 g/mol. The molecule has 116 valence electrons. The smallest absolute Gasteiger partial charge is 0.301 e. The van der Waals surface area contributed by atoms with Crippen molar-refractivity contribution in [3.05, 3.63) is 64.9 Å². The Labute approximate surface area is 137 Å². The molecule has 2 amide bonds. The van der Waals surface area contributed by atoms with Gasteiger partial charge in [0.25, 0.3) is 5.91 Å². The number of halogens is 1. The molecule has 23 heavy (non-hydrogen) atoms. The van der Waals surface area contributed by atoms with Crippen molar-refractivity contribution in [1.82, 2.24) is 0 Å². The van der Waals surface area contributed by atoms with Crippen molar-refractivity contribution in [2.24, 2.45) is 0 Å². The lowest BCUT2D eigenvalue weighted by Crippen LogP contribution is -2.31. The summed E-state index contributed by atoms with van der Waals surface area (Å²) in [4.78, 5) is 25.9. The summed E-state index contributed by atoms with van der Waals surface area (Å²) in [6.45, 7) is 0. The maximum absolute atomic E-state index is 12.7. The summed E-state index contributed by atoms with van der Waals surface area (Å²) in [6.07, 6.45) is 0. The Balaban J connectivity index is 2.10. The summed E-state index contributed by atoms with van der Waals surface area (Å²) >= 11 is 5.91. The van der Waals surface area contributed by atoms with Crippen LogP contribution in [0.5, 0.6) is 5.75 Å². The lowest BCUT2D eigenvalue weighted by Gasteiger charge is -2.15. The number of benzene rings is 2. The number of aliphatic hydroxyl groups excluding tert-OH is 1. The summed E-state index contributed by atoms with van der Waals surface area (Å²) in [5.74, 6) is -1.64. The highest BCUT2D eigenvalue weighted by molar-refractivity contribution is 6.45. The Bertz CT molecular complexity index is 844. The fourth-order valence-corrected chi connectivity index (χ4v) is 2.65. The Morgan fingerprint density at radius 2 is 1.78 bits per heavy atom. The minimum Gasteiger partial charge on any atom is -0.502 e. The number of carbonyl (C=O) groups excluding carboxylic acids is 2. The summed E-state index contributed by atoms with van der Waals surface area (Å²) in [5.41, 5.74) is 0.562. The van der Waals surface area contributed by atoms with E-state index in [1.165, 1.54) is 13.2 Å². The van der Waals surface area contributed by atoms with Gasteiger partial charge in [-0.2, -0.15) is 0 Å². The largest absolute Gasteiger partial charge is 0.502 e. The summed E-state index contributed by atoms with van der Waals surface area (Å²) in [5, 5.41) is 10.6. The van der Waals surface area contributed by atoms with E-state index in [9.17, 15) is 14.7 Å². The maximum Gasteiger partial charge on any atom is 0.301 e. The van der Waals surface area contributed by atoms with Crippen LogP contribution in [-0.2, 0) is 9.59 Å². The fraction of sp³-hybridized carbons (Fsp3) is 0.0588. The van der Waals surface area contributed by atoms with Crippen molar-refractivity contribution in [1.29, 1.82) is 0 Å². The van der Waals surface area contributed by atoms with E-state index in [1.54, 1.807) is 42.5 Å². The molecule has 3 rings (SSSR count). The molecule has 0 aliphatic carbocycles. The molecule has 0 atom stereocenters. The van der Waals surface area contributed by atoms with E-state index in [1.807, 2.05) is 0 Å². The van der Waals surface area contributed by atoms with Gasteiger partial charge in [-0.1, -0.05) is 35.9 Å². The van der Waals surface area contributed by atoms with Crippen molar-refractivity contribution >= 4 is 34.7 Å². The first kappa shape index (κ1) is 15.1. The first-order valence-corrected chi connectivity index (χ1v) is 7.13. The van der Waals surface area contributed by atoms with Crippen molar-refractivity contribution in [3.63, 3.8) is 0 Å². The van der Waals surface area contributed by atoms with Crippen LogP contribution in [0.1, 0.15) is 5.56 Å². The zero-order valence-electron chi connectivity index (χ0n) is 12.1. The van der Waals surface area contributed by atoms with E-state index in [4.69, 9.17) is 16.3 Å². The van der Waals surface area contributed by atoms with Crippen LogP contribution in [-0.4, -0.2) is 24.0 Å². The van der Waals surface area contributed by atoms with Crippen molar-refractivity contribution < 1.29 is 19.4 Å². The molecule has 0 unspecified atom stereocenters. The molecule has 0 radical (unpaired) electrons. The highest BCUT2D eigenvalue weighted by atomic mass is 35.5. The first-order valence-electron chi connectivity index (χ1n) is 6.75. The fourth-order valence-electron chi connectivity index (χ4n) is 2.46. The summed E-state index contributed by atoms with van der Waals surface area (Å²) in [7, 11) is 1.45. The summed E-state index contributed by atoms with van der Waals surface area (Å²) < 4.78 is 5.20. The molecular weight excluding hydrogens is 318 g/mol. The number of amides is 2. The van der Waals surface area contributed by atoms with Crippen LogP contribution >= 0.6 is 11.6 Å². The number of methoxy groups -OCH3 is 1. The highest BCUT2D eigenvalue weighted by Gasteiger charge is 2.41. The molecule has 1 aliphatic heterocycles. The molecule has 1 N–H and O–H groups in total. The lowest BCUT2D eigenvalue weighted by atomic mass is 10.0. The number of carbonyl (C=O) groups is 2. The zero-order valence-corrected chi connectivity index (χ0v) is 12.9. The van der Waals surface area contributed by atoms with Crippen molar-refractivity contribution in [3.8, 4) is 5.75 Å². The third-order valence-corrected chi connectivity index (χ3v) is 3.74. The van der Waals surface area contributed by atoms with E-state index >= 15 is 0 Å². The highest BCUT2D eigenvalue weighted by Crippen LogP contribution is 2.36. The van der Waals surface area contributed by atoms with E-state index in [-0.39, 0.29) is 5.57 Å². The maximum atomic E-state index is 12.7. The second kappa shape index (κ2) is 5.78. The van der Waals surface area contributed by atoms with E-state index < -0.39 is 17.6 Å². The molecule has 0 saturated carbocycles. The van der Waals surface area contributed by atoms with Crippen molar-refractivity contribution in [2.45, 2.75) is 0 Å².